The van der Waals surface area contributed by atoms with E-state index >= 15 is 0 Å². The first kappa shape index (κ1) is 13.4. The summed E-state index contributed by atoms with van der Waals surface area (Å²) in [6.07, 6.45) is 3.56. The van der Waals surface area contributed by atoms with E-state index in [1.54, 1.807) is 11.8 Å². The van der Waals surface area contributed by atoms with Gasteiger partial charge in [-0.3, -0.25) is 14.5 Å². The van der Waals surface area contributed by atoms with E-state index in [0.717, 1.165) is 23.5 Å². The fourth-order valence-electron chi connectivity index (χ4n) is 2.51. The summed E-state index contributed by atoms with van der Waals surface area (Å²) in [7, 11) is 0. The van der Waals surface area contributed by atoms with Gasteiger partial charge in [-0.1, -0.05) is 0 Å². The summed E-state index contributed by atoms with van der Waals surface area (Å²) >= 11 is 1.74. The third kappa shape index (κ3) is 2.85. The standard InChI is InChI=1S/C12H17NO4S/c14-10-4-1-5-11(15)13(10)9(12(16)17)7-8-3-2-6-18-8/h8-9H,1-7H2,(H,16,17). The SMILES string of the molecule is O=C(O)C(CC1CCCS1)N1C(=O)CCCC1=O. The third-order valence-corrected chi connectivity index (χ3v) is 4.85. The van der Waals surface area contributed by atoms with Crippen molar-refractivity contribution in [1.29, 1.82) is 0 Å². The van der Waals surface area contributed by atoms with Gasteiger partial charge in [0.25, 0.3) is 0 Å². The lowest BCUT2D eigenvalue weighted by Gasteiger charge is -2.31. The second kappa shape index (κ2) is 5.73. The number of hydrogen-bond donors (Lipinski definition) is 1. The van der Waals surface area contributed by atoms with E-state index in [0.29, 0.717) is 12.8 Å². The molecule has 2 aliphatic heterocycles. The average molecular weight is 271 g/mol. The molecule has 2 amide bonds. The summed E-state index contributed by atoms with van der Waals surface area (Å²) in [5.74, 6) is -0.687. The number of thioether (sulfide) groups is 1. The number of carbonyl (C=O) groups excluding carboxylic acids is 2. The molecule has 100 valence electrons. The molecule has 0 radical (unpaired) electrons. The molecule has 0 bridgehead atoms. The molecule has 18 heavy (non-hydrogen) atoms. The lowest BCUT2D eigenvalue weighted by Crippen LogP contribution is -2.51. The van der Waals surface area contributed by atoms with E-state index in [4.69, 9.17) is 0 Å². The summed E-state index contributed by atoms with van der Waals surface area (Å²) in [6, 6.07) is -0.971. The smallest absolute Gasteiger partial charge is 0.326 e. The van der Waals surface area contributed by atoms with Crippen molar-refractivity contribution in [2.24, 2.45) is 0 Å². The van der Waals surface area contributed by atoms with E-state index in [-0.39, 0.29) is 29.9 Å². The maximum atomic E-state index is 11.8. The van der Waals surface area contributed by atoms with Gasteiger partial charge in [-0.05, 0) is 31.4 Å². The summed E-state index contributed by atoms with van der Waals surface area (Å²) in [6.45, 7) is 0. The van der Waals surface area contributed by atoms with Gasteiger partial charge in [-0.15, -0.1) is 0 Å². The van der Waals surface area contributed by atoms with Crippen LogP contribution in [-0.2, 0) is 14.4 Å². The number of imide groups is 1. The minimum atomic E-state index is -1.06. The Bertz CT molecular complexity index is 349. The monoisotopic (exact) mass is 271 g/mol. The predicted octanol–water partition coefficient (Wildman–Crippen LogP) is 1.26. The molecule has 0 saturated carbocycles. The van der Waals surface area contributed by atoms with Crippen molar-refractivity contribution in [3.8, 4) is 0 Å². The van der Waals surface area contributed by atoms with Crippen molar-refractivity contribution in [2.45, 2.75) is 49.8 Å². The van der Waals surface area contributed by atoms with Gasteiger partial charge < -0.3 is 5.11 Å². The van der Waals surface area contributed by atoms with Crippen molar-refractivity contribution in [3.05, 3.63) is 0 Å². The fourth-order valence-corrected chi connectivity index (χ4v) is 3.83. The lowest BCUT2D eigenvalue weighted by atomic mass is 10.0. The van der Waals surface area contributed by atoms with E-state index in [1.165, 1.54) is 0 Å². The molecule has 2 aliphatic rings. The van der Waals surface area contributed by atoms with Crippen molar-refractivity contribution < 1.29 is 19.5 Å². The highest BCUT2D eigenvalue weighted by Crippen LogP contribution is 2.31. The molecule has 0 aromatic rings. The van der Waals surface area contributed by atoms with Gasteiger partial charge in [-0.2, -0.15) is 11.8 Å². The Labute approximate surface area is 110 Å². The zero-order chi connectivity index (χ0) is 13.1. The quantitative estimate of drug-likeness (QED) is 0.779. The van der Waals surface area contributed by atoms with Gasteiger partial charge in [0, 0.05) is 18.1 Å². The Morgan fingerprint density at radius 2 is 2.00 bits per heavy atom. The summed E-state index contributed by atoms with van der Waals surface area (Å²) < 4.78 is 0. The van der Waals surface area contributed by atoms with Gasteiger partial charge >= 0.3 is 5.97 Å². The number of nitrogens with zero attached hydrogens (tertiary/aromatic N) is 1. The Hall–Kier alpha value is -1.04. The first-order valence-electron chi connectivity index (χ1n) is 6.29. The maximum absolute atomic E-state index is 11.8. The first-order valence-corrected chi connectivity index (χ1v) is 7.34. The van der Waals surface area contributed by atoms with Crippen molar-refractivity contribution in [1.82, 2.24) is 4.90 Å². The molecule has 0 aliphatic carbocycles. The molecule has 6 heteroatoms. The van der Waals surface area contributed by atoms with Gasteiger partial charge in [0.15, 0.2) is 0 Å². The third-order valence-electron chi connectivity index (χ3n) is 3.43. The fraction of sp³-hybridized carbons (Fsp3) is 0.750. The van der Waals surface area contributed by atoms with Crippen LogP contribution in [0.3, 0.4) is 0 Å². The minimum absolute atomic E-state index is 0.258. The number of carbonyl (C=O) groups is 3. The summed E-state index contributed by atoms with van der Waals surface area (Å²) in [5, 5.41) is 9.52. The van der Waals surface area contributed by atoms with Crippen LogP contribution in [0.15, 0.2) is 0 Å². The molecule has 5 nitrogen and oxygen atoms in total. The normalized spacial score (nSPS) is 26.4. The molecule has 2 fully saturated rings. The molecular formula is C12H17NO4S. The molecule has 0 aromatic carbocycles. The molecule has 2 rings (SSSR count). The molecule has 0 aromatic heterocycles. The average Bonchev–Trinajstić information content (AvgIpc) is 2.80. The zero-order valence-electron chi connectivity index (χ0n) is 10.1. The summed E-state index contributed by atoms with van der Waals surface area (Å²) in [5.41, 5.74) is 0. The number of rotatable bonds is 4. The molecular weight excluding hydrogens is 254 g/mol. The highest BCUT2D eigenvalue weighted by molar-refractivity contribution is 8.00. The van der Waals surface area contributed by atoms with Crippen molar-refractivity contribution in [2.75, 3.05) is 5.75 Å². The van der Waals surface area contributed by atoms with Gasteiger partial charge in [0.05, 0.1) is 0 Å². The number of carboxylic acids is 1. The Morgan fingerprint density at radius 3 is 2.50 bits per heavy atom. The Kier molecular flexibility index (Phi) is 4.27. The lowest BCUT2D eigenvalue weighted by molar-refractivity contribution is -0.160. The van der Waals surface area contributed by atoms with Crippen LogP contribution in [0.4, 0.5) is 0 Å². The van der Waals surface area contributed by atoms with Gasteiger partial charge in [0.2, 0.25) is 11.8 Å². The molecule has 2 atom stereocenters. The van der Waals surface area contributed by atoms with Crippen LogP contribution in [0.1, 0.15) is 38.5 Å². The minimum Gasteiger partial charge on any atom is -0.480 e. The van der Waals surface area contributed by atoms with Crippen LogP contribution in [0.2, 0.25) is 0 Å². The largest absolute Gasteiger partial charge is 0.480 e. The van der Waals surface area contributed by atoms with E-state index in [1.807, 2.05) is 0 Å². The topological polar surface area (TPSA) is 74.7 Å². The van der Waals surface area contributed by atoms with Crippen LogP contribution >= 0.6 is 11.8 Å². The highest BCUT2D eigenvalue weighted by Gasteiger charge is 2.38. The van der Waals surface area contributed by atoms with Gasteiger partial charge in [-0.25, -0.2) is 4.79 Å². The maximum Gasteiger partial charge on any atom is 0.326 e. The molecule has 2 saturated heterocycles. The van der Waals surface area contributed by atoms with Crippen LogP contribution in [0, 0.1) is 0 Å². The highest BCUT2D eigenvalue weighted by atomic mass is 32.2. The predicted molar refractivity (Wildman–Crippen MR) is 67.2 cm³/mol. The van der Waals surface area contributed by atoms with Crippen molar-refractivity contribution in [3.63, 3.8) is 0 Å². The Morgan fingerprint density at radius 1 is 1.33 bits per heavy atom. The Balaban J connectivity index is 2.09. The van der Waals surface area contributed by atoms with Gasteiger partial charge in [0.1, 0.15) is 6.04 Å². The number of amides is 2. The number of carboxylic acid groups (broad SMARTS) is 1. The van der Waals surface area contributed by atoms with Crippen molar-refractivity contribution >= 4 is 29.5 Å². The van der Waals surface area contributed by atoms with Crippen LogP contribution < -0.4 is 0 Å². The van der Waals surface area contributed by atoms with E-state index in [2.05, 4.69) is 0 Å². The second-order valence-electron chi connectivity index (χ2n) is 4.74. The first-order chi connectivity index (χ1) is 8.59. The van der Waals surface area contributed by atoms with Crippen LogP contribution in [0.5, 0.6) is 0 Å². The van der Waals surface area contributed by atoms with Crippen LogP contribution in [-0.4, -0.2) is 44.8 Å². The number of hydrogen-bond acceptors (Lipinski definition) is 4. The van der Waals surface area contributed by atoms with E-state index in [9.17, 15) is 19.5 Å². The second-order valence-corrected chi connectivity index (χ2v) is 6.14. The summed E-state index contributed by atoms with van der Waals surface area (Å²) in [4.78, 5) is 35.8. The molecule has 2 heterocycles. The zero-order valence-corrected chi connectivity index (χ0v) is 10.9. The number of piperidine rings is 1. The molecule has 2 unspecified atom stereocenters. The van der Waals surface area contributed by atoms with E-state index < -0.39 is 12.0 Å². The number of aliphatic carboxylic acids is 1. The van der Waals surface area contributed by atoms with Crippen LogP contribution in [0.25, 0.3) is 0 Å². The molecule has 1 N–H and O–H groups in total. The molecule has 0 spiro atoms. The number of likely N-dealkylation sites (tertiary alicyclic amines) is 1.